The zero-order chi connectivity index (χ0) is 20.5. The van der Waals surface area contributed by atoms with Crippen molar-refractivity contribution in [1.29, 1.82) is 0 Å². The number of methoxy groups -OCH3 is 1. The predicted octanol–water partition coefficient (Wildman–Crippen LogP) is 2.28. The summed E-state index contributed by atoms with van der Waals surface area (Å²) in [5.41, 5.74) is -0.0323. The Morgan fingerprint density at radius 3 is 2.32 bits per heavy atom. The van der Waals surface area contributed by atoms with Crippen molar-refractivity contribution in [3.8, 4) is 0 Å². The molecule has 0 aromatic heterocycles. The van der Waals surface area contributed by atoms with Crippen molar-refractivity contribution in [2.24, 2.45) is 0 Å². The minimum absolute atomic E-state index is 0.201. The van der Waals surface area contributed by atoms with Crippen molar-refractivity contribution >= 4 is 11.6 Å². The highest BCUT2D eigenvalue weighted by atomic mass is 16.7. The van der Waals surface area contributed by atoms with Crippen LogP contribution >= 0.6 is 0 Å². The molecule has 2 aromatic rings. The lowest BCUT2D eigenvalue weighted by molar-refractivity contribution is -0.159. The van der Waals surface area contributed by atoms with E-state index >= 15 is 0 Å². The Bertz CT molecular complexity index is 892. The number of aliphatic hydroxyl groups is 2. The van der Waals surface area contributed by atoms with Gasteiger partial charge in [0, 0.05) is 19.1 Å². The number of ether oxygens (including phenoxy) is 2. The summed E-state index contributed by atoms with van der Waals surface area (Å²) in [5, 5.41) is 21.9. The van der Waals surface area contributed by atoms with E-state index in [2.05, 4.69) is 0 Å². The summed E-state index contributed by atoms with van der Waals surface area (Å²) in [7, 11) is 1.37. The van der Waals surface area contributed by atoms with Crippen LogP contribution in [0.3, 0.4) is 0 Å². The highest BCUT2D eigenvalue weighted by Crippen LogP contribution is 2.37. The van der Waals surface area contributed by atoms with E-state index in [4.69, 9.17) is 9.47 Å². The summed E-state index contributed by atoms with van der Waals surface area (Å²) in [4.78, 5) is 26.2. The van der Waals surface area contributed by atoms with Crippen molar-refractivity contribution in [2.75, 3.05) is 7.11 Å². The van der Waals surface area contributed by atoms with E-state index in [1.165, 1.54) is 7.11 Å². The molecule has 2 unspecified atom stereocenters. The Balaban J connectivity index is 1.98. The van der Waals surface area contributed by atoms with Gasteiger partial charge < -0.3 is 19.7 Å². The van der Waals surface area contributed by atoms with Gasteiger partial charge in [-0.1, -0.05) is 48.5 Å². The Kier molecular flexibility index (Phi) is 5.76. The van der Waals surface area contributed by atoms with Crippen LogP contribution in [0.5, 0.6) is 0 Å². The van der Waals surface area contributed by atoms with E-state index in [1.54, 1.807) is 62.4 Å². The lowest BCUT2D eigenvalue weighted by Crippen LogP contribution is -2.51. The highest BCUT2D eigenvalue weighted by molar-refractivity contribution is 6.08. The number of carbonyl (C=O) groups excluding carboxylic acids is 2. The molecule has 1 heterocycles. The summed E-state index contributed by atoms with van der Waals surface area (Å²) >= 11 is 0. The summed E-state index contributed by atoms with van der Waals surface area (Å²) in [6.07, 6.45) is -4.21. The largest absolute Gasteiger partial charge is 0.380 e. The number of benzene rings is 2. The number of Topliss-reactive ketones (excluding diaryl/α,β-unsaturated/α-hetero) is 2. The van der Waals surface area contributed by atoms with Gasteiger partial charge in [-0.15, -0.1) is 0 Å². The van der Waals surface area contributed by atoms with Crippen molar-refractivity contribution in [2.45, 2.75) is 44.4 Å². The van der Waals surface area contributed by atoms with E-state index in [0.29, 0.717) is 16.7 Å². The Hall–Kier alpha value is -2.38. The number of aryl methyl sites for hydroxylation is 2. The standard InChI is InChI=1S/C22H24O6/c1-13-8-4-6-10-15(13)18(23)19(24)21-22(26,12-17(27-3)28-21)20(25)16-11-7-5-9-14(16)2/h4-11,17-18,21,23,26H,12H2,1-3H3/t17?,18?,21-,22-/m0/s1. The van der Waals surface area contributed by atoms with E-state index in [0.717, 1.165) is 5.56 Å². The molecule has 0 saturated carbocycles. The first kappa shape index (κ1) is 20.4. The van der Waals surface area contributed by atoms with Crippen LogP contribution in [-0.2, 0) is 14.3 Å². The lowest BCUT2D eigenvalue weighted by atomic mass is 9.81. The molecular formula is C22H24O6. The zero-order valence-electron chi connectivity index (χ0n) is 16.1. The first-order chi connectivity index (χ1) is 13.3. The van der Waals surface area contributed by atoms with Crippen molar-refractivity contribution in [1.82, 2.24) is 0 Å². The number of hydrogen-bond acceptors (Lipinski definition) is 6. The first-order valence-corrected chi connectivity index (χ1v) is 9.08. The third-order valence-electron chi connectivity index (χ3n) is 5.26. The quantitative estimate of drug-likeness (QED) is 0.743. The summed E-state index contributed by atoms with van der Waals surface area (Å²) < 4.78 is 10.7. The van der Waals surface area contributed by atoms with E-state index in [-0.39, 0.29) is 6.42 Å². The summed E-state index contributed by atoms with van der Waals surface area (Å²) in [6, 6.07) is 13.7. The van der Waals surface area contributed by atoms with Crippen LogP contribution in [0, 0.1) is 13.8 Å². The molecule has 0 bridgehead atoms. The molecule has 1 aliphatic rings. The van der Waals surface area contributed by atoms with Crippen LogP contribution in [0.2, 0.25) is 0 Å². The molecule has 6 nitrogen and oxygen atoms in total. The second-order valence-corrected chi connectivity index (χ2v) is 7.12. The third-order valence-corrected chi connectivity index (χ3v) is 5.26. The molecule has 1 aliphatic heterocycles. The fourth-order valence-corrected chi connectivity index (χ4v) is 3.58. The summed E-state index contributed by atoms with van der Waals surface area (Å²) in [5.74, 6) is -1.40. The Morgan fingerprint density at radius 2 is 1.71 bits per heavy atom. The molecule has 2 N–H and O–H groups in total. The van der Waals surface area contributed by atoms with Gasteiger partial charge in [-0.2, -0.15) is 0 Å². The molecule has 3 rings (SSSR count). The smallest absolute Gasteiger partial charge is 0.198 e. The minimum atomic E-state index is -2.13. The molecule has 0 aliphatic carbocycles. The van der Waals surface area contributed by atoms with Gasteiger partial charge in [0.2, 0.25) is 0 Å². The van der Waals surface area contributed by atoms with Gasteiger partial charge in [-0.05, 0) is 30.5 Å². The van der Waals surface area contributed by atoms with Crippen LogP contribution < -0.4 is 0 Å². The topological polar surface area (TPSA) is 93.1 Å². The molecule has 2 aromatic carbocycles. The van der Waals surface area contributed by atoms with Crippen molar-refractivity contribution < 1.29 is 29.3 Å². The van der Waals surface area contributed by atoms with Crippen LogP contribution in [0.1, 0.15) is 39.6 Å². The van der Waals surface area contributed by atoms with Gasteiger partial charge in [0.25, 0.3) is 0 Å². The van der Waals surface area contributed by atoms with Crippen LogP contribution in [0.25, 0.3) is 0 Å². The SMILES string of the molecule is COC1C[C@](O)(C(=O)c2ccccc2C)[C@H](C(=O)C(O)c2ccccc2C)O1. The molecule has 0 radical (unpaired) electrons. The maximum absolute atomic E-state index is 13.2. The van der Waals surface area contributed by atoms with Crippen LogP contribution in [-0.4, -0.2) is 46.9 Å². The lowest BCUT2D eigenvalue weighted by Gasteiger charge is -2.28. The normalized spacial score (nSPS) is 25.5. The second-order valence-electron chi connectivity index (χ2n) is 7.12. The number of aliphatic hydroxyl groups excluding tert-OH is 1. The average Bonchev–Trinajstić information content (AvgIpc) is 3.05. The Morgan fingerprint density at radius 1 is 1.11 bits per heavy atom. The third kappa shape index (κ3) is 3.52. The average molecular weight is 384 g/mol. The molecule has 6 heteroatoms. The zero-order valence-corrected chi connectivity index (χ0v) is 16.1. The molecular weight excluding hydrogens is 360 g/mol. The van der Waals surface area contributed by atoms with Gasteiger partial charge in [0.05, 0.1) is 0 Å². The first-order valence-electron chi connectivity index (χ1n) is 9.08. The molecule has 0 spiro atoms. The molecule has 28 heavy (non-hydrogen) atoms. The predicted molar refractivity (Wildman–Crippen MR) is 102 cm³/mol. The molecule has 0 amide bonds. The summed E-state index contributed by atoms with van der Waals surface area (Å²) in [6.45, 7) is 3.52. The van der Waals surface area contributed by atoms with Gasteiger partial charge in [-0.25, -0.2) is 0 Å². The molecule has 1 saturated heterocycles. The minimum Gasteiger partial charge on any atom is -0.380 e. The number of ketones is 2. The van der Waals surface area contributed by atoms with Crippen molar-refractivity contribution in [3.05, 3.63) is 70.8 Å². The maximum Gasteiger partial charge on any atom is 0.198 e. The number of hydrogen-bond donors (Lipinski definition) is 2. The molecule has 1 fully saturated rings. The van der Waals surface area contributed by atoms with E-state index < -0.39 is 35.7 Å². The number of rotatable bonds is 6. The van der Waals surface area contributed by atoms with Gasteiger partial charge >= 0.3 is 0 Å². The number of carbonyl (C=O) groups is 2. The van der Waals surface area contributed by atoms with Crippen LogP contribution in [0.4, 0.5) is 0 Å². The molecule has 148 valence electrons. The molecule has 4 atom stereocenters. The van der Waals surface area contributed by atoms with Crippen molar-refractivity contribution in [3.63, 3.8) is 0 Å². The fourth-order valence-electron chi connectivity index (χ4n) is 3.58. The van der Waals surface area contributed by atoms with Gasteiger partial charge in [0.1, 0.15) is 6.10 Å². The highest BCUT2D eigenvalue weighted by Gasteiger charge is 2.57. The monoisotopic (exact) mass is 384 g/mol. The van der Waals surface area contributed by atoms with E-state index in [1.807, 2.05) is 0 Å². The maximum atomic E-state index is 13.2. The second kappa shape index (κ2) is 7.93. The van der Waals surface area contributed by atoms with Gasteiger partial charge in [0.15, 0.2) is 29.6 Å². The van der Waals surface area contributed by atoms with Gasteiger partial charge in [-0.3, -0.25) is 9.59 Å². The van der Waals surface area contributed by atoms with E-state index in [9.17, 15) is 19.8 Å². The van der Waals surface area contributed by atoms with Crippen LogP contribution in [0.15, 0.2) is 48.5 Å². The Labute approximate surface area is 163 Å². The fraction of sp³-hybridized carbons (Fsp3) is 0.364.